The number of aryl methyl sites for hydroxylation is 1. The van der Waals surface area contributed by atoms with E-state index in [0.29, 0.717) is 52.0 Å². The smallest absolute Gasteiger partial charge is 0.264 e. The van der Waals surface area contributed by atoms with Crippen molar-refractivity contribution in [1.82, 2.24) is 29.0 Å². The van der Waals surface area contributed by atoms with Gasteiger partial charge in [0, 0.05) is 99.8 Å². The van der Waals surface area contributed by atoms with E-state index in [4.69, 9.17) is 4.74 Å². The van der Waals surface area contributed by atoms with E-state index in [1.54, 1.807) is 48.4 Å². The SMILES string of the molecule is Cc1c(C(=O)N(c2ccc(O)cc2)c2cnn(C)c2)cc(-c2cc(F)ccc2C(=O)N2Cc3ccccc3C[C@H]2CN2CCN3CCOC[C@H]3C2)n1C. The Hall–Kier alpha value is -5.30. The van der Waals surface area contributed by atoms with E-state index >= 15 is 4.39 Å². The average molecular weight is 718 g/mol. The summed E-state index contributed by atoms with van der Waals surface area (Å²) in [6, 6.07) is 21.0. The zero-order chi connectivity index (χ0) is 36.8. The van der Waals surface area contributed by atoms with Crippen LogP contribution < -0.4 is 4.90 Å². The minimum atomic E-state index is -0.475. The number of benzene rings is 3. The number of phenols is 1. The lowest BCUT2D eigenvalue weighted by Gasteiger charge is -2.46. The molecule has 1 N–H and O–H groups in total. The lowest BCUT2D eigenvalue weighted by atomic mass is 9.92. The van der Waals surface area contributed by atoms with Gasteiger partial charge in [-0.3, -0.25) is 29.0 Å². The van der Waals surface area contributed by atoms with Crippen molar-refractivity contribution < 1.29 is 23.8 Å². The van der Waals surface area contributed by atoms with Gasteiger partial charge in [0.1, 0.15) is 11.6 Å². The number of carbonyl (C=O) groups is 2. The van der Waals surface area contributed by atoms with E-state index in [1.165, 1.54) is 34.7 Å². The molecule has 2 fully saturated rings. The summed E-state index contributed by atoms with van der Waals surface area (Å²) < 4.78 is 24.5. The van der Waals surface area contributed by atoms with Gasteiger partial charge in [-0.1, -0.05) is 24.3 Å². The Morgan fingerprint density at radius 2 is 1.75 bits per heavy atom. The molecule has 0 aliphatic carbocycles. The maximum absolute atomic E-state index is 15.2. The van der Waals surface area contributed by atoms with Crippen LogP contribution in [0.15, 0.2) is 85.2 Å². The molecule has 0 bridgehead atoms. The molecule has 12 heteroatoms. The van der Waals surface area contributed by atoms with Crippen LogP contribution in [-0.2, 0) is 31.8 Å². The summed E-state index contributed by atoms with van der Waals surface area (Å²) in [5.74, 6) is -0.900. The van der Waals surface area contributed by atoms with Gasteiger partial charge >= 0.3 is 0 Å². The Balaban J connectivity index is 1.14. The van der Waals surface area contributed by atoms with E-state index in [2.05, 4.69) is 33.1 Å². The number of hydrogen-bond acceptors (Lipinski definition) is 7. The first kappa shape index (κ1) is 34.8. The van der Waals surface area contributed by atoms with Crippen molar-refractivity contribution in [3.05, 3.63) is 119 Å². The van der Waals surface area contributed by atoms with Crippen LogP contribution in [0.2, 0.25) is 0 Å². The first-order chi connectivity index (χ1) is 25.6. The molecular formula is C41H44FN7O4. The predicted octanol–water partition coefficient (Wildman–Crippen LogP) is 5.14. The monoisotopic (exact) mass is 717 g/mol. The van der Waals surface area contributed by atoms with Crippen molar-refractivity contribution in [2.45, 2.75) is 32.0 Å². The first-order valence-electron chi connectivity index (χ1n) is 18.1. The lowest BCUT2D eigenvalue weighted by Crippen LogP contribution is -2.60. The average Bonchev–Trinajstić information content (AvgIpc) is 3.73. The molecule has 2 saturated heterocycles. The summed E-state index contributed by atoms with van der Waals surface area (Å²) in [5.41, 5.74) is 5.82. The Bertz CT molecular complexity index is 2160. The van der Waals surface area contributed by atoms with E-state index in [9.17, 15) is 14.7 Å². The summed E-state index contributed by atoms with van der Waals surface area (Å²) >= 11 is 0. The fraction of sp³-hybridized carbons (Fsp3) is 0.341. The van der Waals surface area contributed by atoms with Gasteiger partial charge in [0.2, 0.25) is 0 Å². The molecule has 0 spiro atoms. The molecule has 2 amide bonds. The number of morpholine rings is 1. The third-order valence-electron chi connectivity index (χ3n) is 11.1. The van der Waals surface area contributed by atoms with Crippen molar-refractivity contribution >= 4 is 23.2 Å². The highest BCUT2D eigenvalue weighted by molar-refractivity contribution is 6.12. The molecule has 53 heavy (non-hydrogen) atoms. The third kappa shape index (κ3) is 6.74. The molecule has 2 aromatic heterocycles. The van der Waals surface area contributed by atoms with Gasteiger partial charge in [0.25, 0.3) is 11.8 Å². The zero-order valence-electron chi connectivity index (χ0n) is 30.3. The van der Waals surface area contributed by atoms with Gasteiger partial charge in [-0.05, 0) is 73.0 Å². The van der Waals surface area contributed by atoms with Crippen molar-refractivity contribution in [2.75, 3.05) is 50.8 Å². The van der Waals surface area contributed by atoms with Gasteiger partial charge in [0.15, 0.2) is 0 Å². The fourth-order valence-electron chi connectivity index (χ4n) is 8.14. The summed E-state index contributed by atoms with van der Waals surface area (Å²) in [7, 11) is 3.60. The van der Waals surface area contributed by atoms with Crippen LogP contribution in [0.4, 0.5) is 15.8 Å². The normalized spacial score (nSPS) is 19.1. The topological polar surface area (TPSA) is 99.3 Å². The van der Waals surface area contributed by atoms with E-state index in [1.807, 2.05) is 29.5 Å². The van der Waals surface area contributed by atoms with Crippen LogP contribution in [-0.4, -0.2) is 104 Å². The molecule has 2 atom stereocenters. The van der Waals surface area contributed by atoms with E-state index in [0.717, 1.165) is 57.9 Å². The van der Waals surface area contributed by atoms with Gasteiger partial charge < -0.3 is 19.3 Å². The number of piperazine rings is 1. The Labute approximate surface area is 308 Å². The number of aromatic nitrogens is 3. The highest BCUT2D eigenvalue weighted by Gasteiger charge is 2.36. The molecule has 274 valence electrons. The van der Waals surface area contributed by atoms with Crippen molar-refractivity contribution in [3.8, 4) is 17.0 Å². The summed E-state index contributed by atoms with van der Waals surface area (Å²) in [5, 5.41) is 14.2. The Kier molecular flexibility index (Phi) is 9.35. The number of hydrogen-bond donors (Lipinski definition) is 1. The molecule has 5 heterocycles. The first-order valence-corrected chi connectivity index (χ1v) is 18.1. The summed E-state index contributed by atoms with van der Waals surface area (Å²) in [4.78, 5) is 37.8. The lowest BCUT2D eigenvalue weighted by molar-refractivity contribution is -0.0485. The van der Waals surface area contributed by atoms with Gasteiger partial charge in [0.05, 0.1) is 30.7 Å². The van der Waals surface area contributed by atoms with Crippen LogP contribution in [0.3, 0.4) is 0 Å². The zero-order valence-corrected chi connectivity index (χ0v) is 30.3. The molecule has 0 saturated carbocycles. The van der Waals surface area contributed by atoms with Crippen molar-refractivity contribution in [1.29, 1.82) is 0 Å². The van der Waals surface area contributed by atoms with Crippen molar-refractivity contribution in [3.63, 3.8) is 0 Å². The van der Waals surface area contributed by atoms with Crippen molar-refractivity contribution in [2.24, 2.45) is 14.1 Å². The molecule has 8 rings (SSSR count). The largest absolute Gasteiger partial charge is 0.508 e. The third-order valence-corrected chi connectivity index (χ3v) is 11.1. The highest BCUT2D eigenvalue weighted by Crippen LogP contribution is 2.35. The van der Waals surface area contributed by atoms with E-state index < -0.39 is 5.82 Å². The maximum Gasteiger partial charge on any atom is 0.264 e. The quantitative estimate of drug-likeness (QED) is 0.249. The molecule has 3 aliphatic rings. The van der Waals surface area contributed by atoms with Crippen LogP contribution in [0, 0.1) is 12.7 Å². The number of aromatic hydroxyl groups is 1. The van der Waals surface area contributed by atoms with Crippen LogP contribution in [0.5, 0.6) is 5.75 Å². The molecule has 0 radical (unpaired) electrons. The number of halogens is 1. The summed E-state index contributed by atoms with van der Waals surface area (Å²) in [6.45, 7) is 8.26. The number of fused-ring (bicyclic) bond motifs is 2. The Morgan fingerprint density at radius 3 is 2.53 bits per heavy atom. The number of amides is 2. The minimum absolute atomic E-state index is 0.0784. The molecule has 0 unspecified atom stereocenters. The number of phenolic OH excluding ortho intramolecular Hbond substituents is 1. The predicted molar refractivity (Wildman–Crippen MR) is 200 cm³/mol. The van der Waals surface area contributed by atoms with Crippen LogP contribution in [0.25, 0.3) is 11.3 Å². The van der Waals surface area contributed by atoms with Gasteiger partial charge in [-0.2, -0.15) is 5.10 Å². The number of ether oxygens (including phenoxy) is 1. The van der Waals surface area contributed by atoms with Crippen LogP contribution in [0.1, 0.15) is 37.5 Å². The Morgan fingerprint density at radius 1 is 0.962 bits per heavy atom. The minimum Gasteiger partial charge on any atom is -0.508 e. The number of rotatable bonds is 7. The molecule has 5 aromatic rings. The van der Waals surface area contributed by atoms with Gasteiger partial charge in [-0.25, -0.2) is 4.39 Å². The molecular weight excluding hydrogens is 673 g/mol. The molecule has 11 nitrogen and oxygen atoms in total. The van der Waals surface area contributed by atoms with E-state index in [-0.39, 0.29) is 23.6 Å². The standard InChI is InChI=1S/C41H44FN7O4/c1-27-37(41(52)49(33-21-43-44(2)23-33)31-9-11-35(50)12-10-31)20-39(45(27)3)38-19-30(42)8-13-36(38)40(51)48-22-29-7-5-4-6-28(29)18-32(48)24-46-14-15-47-16-17-53-26-34(47)25-46/h4-13,19-21,23,32,34,50H,14-18,22,24-26H2,1-3H3/t32-,34+/m0/s1. The molecule has 3 aromatic carbocycles. The second kappa shape index (κ2) is 14.3. The maximum atomic E-state index is 15.2. The summed E-state index contributed by atoms with van der Waals surface area (Å²) in [6.07, 6.45) is 4.07. The number of carbonyl (C=O) groups excluding carboxylic acids is 2. The fourth-order valence-corrected chi connectivity index (χ4v) is 8.14. The number of nitrogens with zero attached hydrogens (tertiary/aromatic N) is 7. The van der Waals surface area contributed by atoms with Crippen LogP contribution >= 0.6 is 0 Å². The second-order valence-corrected chi connectivity index (χ2v) is 14.4. The second-order valence-electron chi connectivity index (χ2n) is 14.4. The number of anilines is 2. The van der Waals surface area contributed by atoms with Gasteiger partial charge in [-0.15, -0.1) is 0 Å². The molecule has 3 aliphatic heterocycles. The highest BCUT2D eigenvalue weighted by atomic mass is 19.1.